The number of aromatic nitrogens is 3. The summed E-state index contributed by atoms with van der Waals surface area (Å²) in [5.74, 6) is 0.930. The Balaban J connectivity index is 1.26. The summed E-state index contributed by atoms with van der Waals surface area (Å²) in [6.45, 7) is 24.4. The van der Waals surface area contributed by atoms with Crippen molar-refractivity contribution >= 4 is 11.0 Å². The van der Waals surface area contributed by atoms with Crippen LogP contribution in [0.15, 0.2) is 164 Å². The fourth-order valence-electron chi connectivity index (χ4n) is 9.08. The zero-order valence-corrected chi connectivity index (χ0v) is 40.4. The van der Waals surface area contributed by atoms with E-state index in [1.54, 1.807) is 0 Å². The fourth-order valence-corrected chi connectivity index (χ4v) is 9.08. The molecule has 0 aliphatic carbocycles. The van der Waals surface area contributed by atoms with Crippen molar-refractivity contribution in [2.45, 2.75) is 92.4 Å². The first-order valence-corrected chi connectivity index (χ1v) is 23.2. The van der Waals surface area contributed by atoms with Crippen LogP contribution in [0.2, 0.25) is 0 Å². The number of aryl methyl sites for hydroxylation is 2. The van der Waals surface area contributed by atoms with Crippen LogP contribution in [0.5, 0.6) is 5.75 Å². The van der Waals surface area contributed by atoms with E-state index in [9.17, 15) is 5.11 Å². The van der Waals surface area contributed by atoms with Crippen molar-refractivity contribution in [2.24, 2.45) is 0 Å². The van der Waals surface area contributed by atoms with E-state index in [0.717, 1.165) is 72.5 Å². The summed E-state index contributed by atoms with van der Waals surface area (Å²) in [7, 11) is 0. The zero-order valence-electron chi connectivity index (χ0n) is 40.4. The molecule has 0 saturated heterocycles. The number of aromatic hydroxyl groups is 1. The predicted molar refractivity (Wildman–Crippen MR) is 279 cm³/mol. The summed E-state index contributed by atoms with van der Waals surface area (Å²) < 4.78 is 2.29. The highest BCUT2D eigenvalue weighted by molar-refractivity contribution is 5.98. The van der Waals surface area contributed by atoms with Crippen LogP contribution in [-0.4, -0.2) is 19.6 Å². The lowest BCUT2D eigenvalue weighted by Gasteiger charge is -2.24. The van der Waals surface area contributed by atoms with Crippen molar-refractivity contribution in [1.82, 2.24) is 14.5 Å². The van der Waals surface area contributed by atoms with Gasteiger partial charge in [0.2, 0.25) is 0 Å². The minimum absolute atomic E-state index is 0.0280. The molecular formula is C62H61N3O. The highest BCUT2D eigenvalue weighted by atomic mass is 16.3. The maximum atomic E-state index is 11.9. The van der Waals surface area contributed by atoms with Gasteiger partial charge in [0.15, 0.2) is 0 Å². The molecule has 2 aromatic heterocycles. The molecular weight excluding hydrogens is 803 g/mol. The van der Waals surface area contributed by atoms with E-state index < -0.39 is 0 Å². The third-order valence-electron chi connectivity index (χ3n) is 13.0. The molecule has 66 heavy (non-hydrogen) atoms. The van der Waals surface area contributed by atoms with Gasteiger partial charge in [-0.3, -0.25) is 9.55 Å². The van der Waals surface area contributed by atoms with Gasteiger partial charge in [-0.25, -0.2) is 4.98 Å². The molecule has 0 radical (unpaired) electrons. The normalized spacial score (nSPS) is 12.2. The van der Waals surface area contributed by atoms with Gasteiger partial charge in [0.05, 0.1) is 28.0 Å². The van der Waals surface area contributed by atoms with Crippen molar-refractivity contribution in [3.8, 4) is 78.6 Å². The molecule has 1 N–H and O–H groups in total. The van der Waals surface area contributed by atoms with Crippen molar-refractivity contribution in [2.75, 3.05) is 0 Å². The van der Waals surface area contributed by atoms with Crippen molar-refractivity contribution in [1.29, 1.82) is 0 Å². The van der Waals surface area contributed by atoms with Gasteiger partial charge in [-0.05, 0) is 134 Å². The van der Waals surface area contributed by atoms with Gasteiger partial charge in [0.25, 0.3) is 0 Å². The van der Waals surface area contributed by atoms with Crippen LogP contribution in [0.25, 0.3) is 83.9 Å². The summed E-state index contributed by atoms with van der Waals surface area (Å²) in [5.41, 5.74) is 19.8. The Morgan fingerprint density at radius 1 is 0.439 bits per heavy atom. The van der Waals surface area contributed by atoms with Crippen LogP contribution >= 0.6 is 0 Å². The number of imidazole rings is 1. The second-order valence-electron chi connectivity index (χ2n) is 21.2. The number of phenolic OH excluding ortho intramolecular Hbond substituents is 1. The molecule has 4 nitrogen and oxygen atoms in total. The van der Waals surface area contributed by atoms with Gasteiger partial charge in [0, 0.05) is 22.9 Å². The van der Waals surface area contributed by atoms with Gasteiger partial charge in [-0.1, -0.05) is 178 Å². The molecule has 330 valence electrons. The number of fused-ring (bicyclic) bond motifs is 1. The van der Waals surface area contributed by atoms with E-state index in [4.69, 9.17) is 9.97 Å². The second kappa shape index (κ2) is 16.7. The van der Waals surface area contributed by atoms with Crippen LogP contribution in [0.3, 0.4) is 0 Å². The van der Waals surface area contributed by atoms with Crippen molar-refractivity contribution in [3.05, 3.63) is 192 Å². The van der Waals surface area contributed by atoms with E-state index in [1.165, 1.54) is 27.8 Å². The summed E-state index contributed by atoms with van der Waals surface area (Å²) in [6.07, 6.45) is 1.92. The van der Waals surface area contributed by atoms with Crippen LogP contribution < -0.4 is 0 Å². The molecule has 0 aliphatic heterocycles. The van der Waals surface area contributed by atoms with E-state index in [1.807, 2.05) is 19.2 Å². The monoisotopic (exact) mass is 863 g/mol. The van der Waals surface area contributed by atoms with Gasteiger partial charge in [-0.2, -0.15) is 0 Å². The molecule has 0 fully saturated rings. The van der Waals surface area contributed by atoms with E-state index in [2.05, 4.69) is 225 Å². The molecule has 2 heterocycles. The molecule has 4 heteroatoms. The minimum Gasteiger partial charge on any atom is -0.507 e. The quantitative estimate of drug-likeness (QED) is 0.174. The third-order valence-corrected chi connectivity index (χ3v) is 13.0. The van der Waals surface area contributed by atoms with Crippen LogP contribution in [0.4, 0.5) is 0 Å². The maximum Gasteiger partial charge on any atom is 0.149 e. The molecule has 9 aromatic rings. The first-order valence-electron chi connectivity index (χ1n) is 23.2. The molecule has 0 aliphatic rings. The average molecular weight is 864 g/mol. The fraction of sp³-hybridized carbons (Fsp3) is 0.226. The molecule has 0 saturated carbocycles. The molecule has 0 unspecified atom stereocenters. The molecule has 0 amide bonds. The number of hydrogen-bond acceptors (Lipinski definition) is 3. The van der Waals surface area contributed by atoms with Crippen LogP contribution in [0, 0.1) is 13.8 Å². The molecule has 7 aromatic carbocycles. The Labute approximate surface area is 391 Å². The highest BCUT2D eigenvalue weighted by Crippen LogP contribution is 2.44. The zero-order chi connectivity index (χ0) is 46.7. The molecule has 0 bridgehead atoms. The standard InChI is InChI=1S/C62H61N3O/c1-39-32-40(2)58(66)53(33-39)59-64-57-52(18-15-19-55(57)65(59)56-38-49(61(6,7)8)28-29-51(56)44-24-26-48(27-25-44)60(3,4)5)46-34-47(36-50(35-46)62(9,10)11)54-37-45(30-31-63-54)43-22-20-42(21-23-43)41-16-13-12-14-17-41/h12-38,66H,1-11H3. The average Bonchev–Trinajstić information content (AvgIpc) is 3.69. The Kier molecular flexibility index (Phi) is 11.2. The molecule has 0 spiro atoms. The van der Waals surface area contributed by atoms with Crippen molar-refractivity contribution in [3.63, 3.8) is 0 Å². The summed E-state index contributed by atoms with van der Waals surface area (Å²) in [4.78, 5) is 10.6. The Morgan fingerprint density at radius 2 is 1.05 bits per heavy atom. The number of hydrogen-bond donors (Lipinski definition) is 1. The Morgan fingerprint density at radius 3 is 1.71 bits per heavy atom. The smallest absolute Gasteiger partial charge is 0.149 e. The number of phenols is 1. The van der Waals surface area contributed by atoms with Crippen LogP contribution in [-0.2, 0) is 16.2 Å². The lowest BCUT2D eigenvalue weighted by molar-refractivity contribution is 0.472. The summed E-state index contributed by atoms with van der Waals surface area (Å²) >= 11 is 0. The van der Waals surface area contributed by atoms with E-state index in [-0.39, 0.29) is 22.0 Å². The van der Waals surface area contributed by atoms with Crippen LogP contribution in [0.1, 0.15) is 90.1 Å². The SMILES string of the molecule is Cc1cc(C)c(O)c(-c2nc3c(-c4cc(-c5cc(-c6ccc(-c7ccccc7)cc6)ccn5)cc(C(C)(C)C)c4)cccc3n2-c2cc(C(C)(C)C)ccc2-c2ccc(C(C)(C)C)cc2)c1. The summed E-state index contributed by atoms with van der Waals surface area (Å²) in [6, 6.07) is 56.9. The topological polar surface area (TPSA) is 50.9 Å². The van der Waals surface area contributed by atoms with Gasteiger partial charge >= 0.3 is 0 Å². The van der Waals surface area contributed by atoms with E-state index >= 15 is 0 Å². The first-order chi connectivity index (χ1) is 31.3. The second-order valence-corrected chi connectivity index (χ2v) is 21.2. The summed E-state index contributed by atoms with van der Waals surface area (Å²) in [5, 5.41) is 11.9. The van der Waals surface area contributed by atoms with Gasteiger partial charge in [0.1, 0.15) is 11.6 Å². The maximum absolute atomic E-state index is 11.9. The number of nitrogens with zero attached hydrogens (tertiary/aromatic N) is 3. The Hall–Kier alpha value is -7.04. The lowest BCUT2D eigenvalue weighted by atomic mass is 9.83. The first kappa shape index (κ1) is 44.2. The third kappa shape index (κ3) is 8.61. The van der Waals surface area contributed by atoms with Gasteiger partial charge < -0.3 is 5.11 Å². The van der Waals surface area contributed by atoms with Gasteiger partial charge in [-0.15, -0.1) is 0 Å². The highest BCUT2D eigenvalue weighted by Gasteiger charge is 2.26. The lowest BCUT2D eigenvalue weighted by Crippen LogP contribution is -2.13. The Bertz CT molecular complexity index is 3240. The minimum atomic E-state index is -0.149. The van der Waals surface area contributed by atoms with E-state index in [0.29, 0.717) is 11.4 Å². The van der Waals surface area contributed by atoms with Crippen molar-refractivity contribution < 1.29 is 5.11 Å². The number of rotatable bonds is 7. The predicted octanol–water partition coefficient (Wildman–Crippen LogP) is 16.6. The number of pyridine rings is 1. The number of para-hydroxylation sites is 1. The molecule has 9 rings (SSSR count). The number of benzene rings is 7. The molecule has 0 atom stereocenters. The largest absolute Gasteiger partial charge is 0.507 e.